The zero-order valence-electron chi connectivity index (χ0n) is 13.3. The summed E-state index contributed by atoms with van der Waals surface area (Å²) in [6.07, 6.45) is 2.37. The third-order valence-electron chi connectivity index (χ3n) is 4.19. The Kier molecular flexibility index (Phi) is 5.22. The van der Waals surface area contributed by atoms with Crippen molar-refractivity contribution in [1.82, 2.24) is 5.32 Å². The Morgan fingerprint density at radius 1 is 1.43 bits per heavy atom. The number of benzene rings is 1. The Bertz CT molecular complexity index is 519. The first-order valence-electron chi connectivity index (χ1n) is 7.59. The minimum absolute atomic E-state index is 0.143. The number of hydrogen-bond donors (Lipinski definition) is 1. The number of nitriles is 1. The summed E-state index contributed by atoms with van der Waals surface area (Å²) in [4.78, 5) is 2.37. The van der Waals surface area contributed by atoms with E-state index in [1.54, 1.807) is 7.11 Å². The first kappa shape index (κ1) is 15.8. The van der Waals surface area contributed by atoms with Gasteiger partial charge >= 0.3 is 0 Å². The third-order valence-corrected chi connectivity index (χ3v) is 4.19. The molecule has 0 aliphatic carbocycles. The lowest BCUT2D eigenvalue weighted by molar-refractivity contribution is 0.199. The monoisotopic (exact) mass is 287 g/mol. The maximum atomic E-state index is 9.47. The molecule has 2 rings (SSSR count). The summed E-state index contributed by atoms with van der Waals surface area (Å²) in [7, 11) is 1.70. The van der Waals surface area contributed by atoms with Gasteiger partial charge in [0.25, 0.3) is 0 Å². The SMILES string of the molecule is COCCNCc1ccc(N2CCCC2(C)C)c(C#N)c1. The molecule has 0 bridgehead atoms. The van der Waals surface area contributed by atoms with Gasteiger partial charge in [0.1, 0.15) is 6.07 Å². The van der Waals surface area contributed by atoms with Gasteiger partial charge < -0.3 is 15.0 Å². The molecule has 1 fully saturated rings. The van der Waals surface area contributed by atoms with Crippen molar-refractivity contribution in [3.8, 4) is 6.07 Å². The van der Waals surface area contributed by atoms with Gasteiger partial charge in [-0.25, -0.2) is 0 Å². The van der Waals surface area contributed by atoms with E-state index >= 15 is 0 Å². The molecule has 1 saturated heterocycles. The minimum atomic E-state index is 0.143. The summed E-state index contributed by atoms with van der Waals surface area (Å²) >= 11 is 0. The van der Waals surface area contributed by atoms with Crippen molar-refractivity contribution in [1.29, 1.82) is 5.26 Å². The van der Waals surface area contributed by atoms with E-state index in [9.17, 15) is 5.26 Å². The molecule has 114 valence electrons. The van der Waals surface area contributed by atoms with Gasteiger partial charge in [0.15, 0.2) is 0 Å². The van der Waals surface area contributed by atoms with E-state index in [2.05, 4.69) is 42.3 Å². The first-order chi connectivity index (χ1) is 10.1. The molecule has 0 unspecified atom stereocenters. The quantitative estimate of drug-likeness (QED) is 0.817. The fourth-order valence-corrected chi connectivity index (χ4v) is 2.98. The Morgan fingerprint density at radius 2 is 2.24 bits per heavy atom. The molecule has 0 spiro atoms. The van der Waals surface area contributed by atoms with Gasteiger partial charge in [-0.15, -0.1) is 0 Å². The molecule has 1 N–H and O–H groups in total. The van der Waals surface area contributed by atoms with Crippen molar-refractivity contribution >= 4 is 5.69 Å². The van der Waals surface area contributed by atoms with E-state index in [0.717, 1.165) is 36.4 Å². The molecule has 4 nitrogen and oxygen atoms in total. The largest absolute Gasteiger partial charge is 0.383 e. The van der Waals surface area contributed by atoms with Crippen molar-refractivity contribution < 1.29 is 4.74 Å². The van der Waals surface area contributed by atoms with Crippen LogP contribution in [0.2, 0.25) is 0 Å². The van der Waals surface area contributed by atoms with E-state index in [4.69, 9.17) is 4.74 Å². The fraction of sp³-hybridized carbons (Fsp3) is 0.588. The molecule has 0 aromatic heterocycles. The Labute approximate surface area is 127 Å². The smallest absolute Gasteiger partial charge is 0.101 e. The predicted molar refractivity (Wildman–Crippen MR) is 85.4 cm³/mol. The topological polar surface area (TPSA) is 48.3 Å². The molecule has 1 aromatic carbocycles. The van der Waals surface area contributed by atoms with Gasteiger partial charge in [0.2, 0.25) is 0 Å². The highest BCUT2D eigenvalue weighted by molar-refractivity contribution is 5.62. The summed E-state index contributed by atoms with van der Waals surface area (Å²) in [5.74, 6) is 0. The maximum Gasteiger partial charge on any atom is 0.101 e. The van der Waals surface area contributed by atoms with E-state index in [0.29, 0.717) is 6.61 Å². The number of methoxy groups -OCH3 is 1. The third kappa shape index (κ3) is 3.75. The summed E-state index contributed by atoms with van der Waals surface area (Å²) in [5.41, 5.74) is 3.13. The van der Waals surface area contributed by atoms with Crippen LogP contribution < -0.4 is 10.2 Å². The second-order valence-corrected chi connectivity index (χ2v) is 6.20. The van der Waals surface area contributed by atoms with E-state index in [-0.39, 0.29) is 5.54 Å². The van der Waals surface area contributed by atoms with Crippen molar-refractivity contribution in [2.75, 3.05) is 31.7 Å². The zero-order chi connectivity index (χ0) is 15.3. The lowest BCUT2D eigenvalue weighted by Gasteiger charge is -2.34. The molecule has 0 amide bonds. The normalized spacial score (nSPS) is 17.0. The number of hydrogen-bond acceptors (Lipinski definition) is 4. The number of nitrogens with one attached hydrogen (secondary N) is 1. The van der Waals surface area contributed by atoms with E-state index in [1.807, 2.05) is 6.07 Å². The van der Waals surface area contributed by atoms with Crippen molar-refractivity contribution in [3.05, 3.63) is 29.3 Å². The molecule has 0 atom stereocenters. The summed E-state index contributed by atoms with van der Waals surface area (Å²) in [5, 5.41) is 12.8. The van der Waals surface area contributed by atoms with Crippen LogP contribution in [0.1, 0.15) is 37.8 Å². The van der Waals surface area contributed by atoms with Crippen LogP contribution in [0.15, 0.2) is 18.2 Å². The van der Waals surface area contributed by atoms with Gasteiger partial charge in [0.05, 0.1) is 17.9 Å². The second-order valence-electron chi connectivity index (χ2n) is 6.20. The standard InChI is InChI=1S/C17H25N3O/c1-17(2)7-4-9-20(17)16-6-5-14(11-15(16)12-18)13-19-8-10-21-3/h5-6,11,19H,4,7-10,13H2,1-3H3. The molecular formula is C17H25N3O. The molecule has 0 radical (unpaired) electrons. The number of ether oxygens (including phenoxy) is 1. The first-order valence-corrected chi connectivity index (χ1v) is 7.59. The lowest BCUT2D eigenvalue weighted by atomic mass is 10.00. The number of nitrogens with zero attached hydrogens (tertiary/aromatic N) is 2. The lowest BCUT2D eigenvalue weighted by Crippen LogP contribution is -2.38. The summed E-state index contributed by atoms with van der Waals surface area (Å²) in [6.45, 7) is 7.82. The van der Waals surface area contributed by atoms with Gasteiger partial charge in [-0.1, -0.05) is 6.07 Å². The maximum absolute atomic E-state index is 9.47. The van der Waals surface area contributed by atoms with Crippen LogP contribution in [0, 0.1) is 11.3 Å². The molecule has 4 heteroatoms. The summed E-state index contributed by atoms with van der Waals surface area (Å²) in [6, 6.07) is 8.57. The van der Waals surface area contributed by atoms with Crippen LogP contribution in [0.4, 0.5) is 5.69 Å². The number of rotatable bonds is 6. The highest BCUT2D eigenvalue weighted by Gasteiger charge is 2.33. The second kappa shape index (κ2) is 6.93. The van der Waals surface area contributed by atoms with Crippen molar-refractivity contribution in [2.45, 2.75) is 38.8 Å². The van der Waals surface area contributed by atoms with Gasteiger partial charge in [-0.05, 0) is 44.4 Å². The van der Waals surface area contributed by atoms with Crippen LogP contribution in [0.3, 0.4) is 0 Å². The van der Waals surface area contributed by atoms with Crippen LogP contribution in [-0.2, 0) is 11.3 Å². The highest BCUT2D eigenvalue weighted by Crippen LogP contribution is 2.35. The highest BCUT2D eigenvalue weighted by atomic mass is 16.5. The minimum Gasteiger partial charge on any atom is -0.383 e. The molecule has 21 heavy (non-hydrogen) atoms. The fourth-order valence-electron chi connectivity index (χ4n) is 2.98. The molecule has 1 aromatic rings. The van der Waals surface area contributed by atoms with Gasteiger partial charge in [0, 0.05) is 32.3 Å². The Hall–Kier alpha value is -1.57. The number of anilines is 1. The molecule has 1 aliphatic heterocycles. The van der Waals surface area contributed by atoms with Crippen molar-refractivity contribution in [3.63, 3.8) is 0 Å². The van der Waals surface area contributed by atoms with E-state index < -0.39 is 0 Å². The molecule has 1 heterocycles. The zero-order valence-corrected chi connectivity index (χ0v) is 13.3. The average Bonchev–Trinajstić information content (AvgIpc) is 2.82. The Morgan fingerprint density at radius 3 is 2.86 bits per heavy atom. The van der Waals surface area contributed by atoms with Crippen LogP contribution >= 0.6 is 0 Å². The average molecular weight is 287 g/mol. The summed E-state index contributed by atoms with van der Waals surface area (Å²) < 4.78 is 5.01. The Balaban J connectivity index is 2.12. The van der Waals surface area contributed by atoms with Crippen LogP contribution in [-0.4, -0.2) is 32.3 Å². The molecule has 0 saturated carbocycles. The van der Waals surface area contributed by atoms with E-state index in [1.165, 1.54) is 12.8 Å². The van der Waals surface area contributed by atoms with Crippen LogP contribution in [0.5, 0.6) is 0 Å². The molecular weight excluding hydrogens is 262 g/mol. The van der Waals surface area contributed by atoms with Crippen LogP contribution in [0.25, 0.3) is 0 Å². The predicted octanol–water partition coefficient (Wildman–Crippen LogP) is 2.67. The molecule has 1 aliphatic rings. The van der Waals surface area contributed by atoms with Gasteiger partial charge in [-0.3, -0.25) is 0 Å². The van der Waals surface area contributed by atoms with Crippen molar-refractivity contribution in [2.24, 2.45) is 0 Å². The van der Waals surface area contributed by atoms with Gasteiger partial charge in [-0.2, -0.15) is 5.26 Å².